The van der Waals surface area contributed by atoms with Crippen molar-refractivity contribution in [2.45, 2.75) is 25.5 Å². The van der Waals surface area contributed by atoms with Crippen LogP contribution in [0.4, 0.5) is 30.7 Å². The van der Waals surface area contributed by atoms with E-state index in [-0.39, 0.29) is 5.69 Å². The molecule has 2 aromatic carbocycles. The molecule has 32 heavy (non-hydrogen) atoms. The predicted molar refractivity (Wildman–Crippen MR) is 95.3 cm³/mol. The molecular formula is C19H13F7N4O2. The average Bonchev–Trinajstić information content (AvgIpc) is 3.13. The number of ether oxygens (including phenoxy) is 1. The lowest BCUT2D eigenvalue weighted by atomic mass is 10.1. The van der Waals surface area contributed by atoms with Gasteiger partial charge in [0, 0.05) is 0 Å². The van der Waals surface area contributed by atoms with Crippen LogP contribution in [0.2, 0.25) is 0 Å². The molecule has 0 radical (unpaired) electrons. The van der Waals surface area contributed by atoms with Crippen molar-refractivity contribution in [2.75, 3.05) is 0 Å². The van der Waals surface area contributed by atoms with Crippen LogP contribution in [-0.4, -0.2) is 27.3 Å². The van der Waals surface area contributed by atoms with Crippen LogP contribution in [0.15, 0.2) is 48.5 Å². The zero-order chi connectivity index (χ0) is 23.7. The van der Waals surface area contributed by atoms with E-state index in [0.717, 1.165) is 36.4 Å². The van der Waals surface area contributed by atoms with Gasteiger partial charge >= 0.3 is 12.5 Å². The highest BCUT2D eigenvalue weighted by atomic mass is 19.4. The molecule has 170 valence electrons. The standard InChI is InChI=1S/C19H13F7N4O2/c1-10(11-2-8-14(9-3-11)32-19(24,25)26)27-17(31)15-16(18(21,22)23)30(29-28-15)13-6-4-12(20)5-7-13/h2-10H,1H3,(H,27,31). The Balaban J connectivity index is 1.84. The largest absolute Gasteiger partial charge is 0.573 e. The van der Waals surface area contributed by atoms with Crippen LogP contribution < -0.4 is 10.1 Å². The first-order valence-electron chi connectivity index (χ1n) is 8.80. The number of halogens is 7. The maximum Gasteiger partial charge on any atom is 0.573 e. The van der Waals surface area contributed by atoms with Gasteiger partial charge in [-0.05, 0) is 48.9 Å². The van der Waals surface area contributed by atoms with Crippen molar-refractivity contribution in [3.63, 3.8) is 0 Å². The summed E-state index contributed by atoms with van der Waals surface area (Å²) >= 11 is 0. The third kappa shape index (κ3) is 5.34. The summed E-state index contributed by atoms with van der Waals surface area (Å²) < 4.78 is 94.8. The van der Waals surface area contributed by atoms with Gasteiger partial charge in [-0.2, -0.15) is 13.2 Å². The van der Waals surface area contributed by atoms with Gasteiger partial charge in [0.25, 0.3) is 5.91 Å². The molecular weight excluding hydrogens is 449 g/mol. The number of nitrogens with one attached hydrogen (secondary N) is 1. The number of carbonyl (C=O) groups is 1. The minimum Gasteiger partial charge on any atom is -0.406 e. The van der Waals surface area contributed by atoms with Crippen molar-refractivity contribution in [1.29, 1.82) is 0 Å². The number of alkyl halides is 6. The second-order valence-electron chi connectivity index (χ2n) is 6.48. The Morgan fingerprint density at radius 2 is 1.59 bits per heavy atom. The number of nitrogens with zero attached hydrogens (tertiary/aromatic N) is 3. The number of hydrogen-bond acceptors (Lipinski definition) is 4. The number of aromatic nitrogens is 3. The van der Waals surface area contributed by atoms with Crippen LogP contribution in [0.5, 0.6) is 5.75 Å². The zero-order valence-electron chi connectivity index (χ0n) is 16.0. The van der Waals surface area contributed by atoms with Gasteiger partial charge in [0.1, 0.15) is 11.6 Å². The van der Waals surface area contributed by atoms with E-state index in [2.05, 4.69) is 20.4 Å². The first-order chi connectivity index (χ1) is 14.8. The average molecular weight is 462 g/mol. The Hall–Kier alpha value is -3.64. The molecule has 1 N–H and O–H groups in total. The van der Waals surface area contributed by atoms with E-state index in [9.17, 15) is 35.5 Å². The zero-order valence-corrected chi connectivity index (χ0v) is 16.0. The van der Waals surface area contributed by atoms with E-state index >= 15 is 0 Å². The first-order valence-corrected chi connectivity index (χ1v) is 8.80. The molecule has 1 atom stereocenters. The number of hydrogen-bond donors (Lipinski definition) is 1. The Kier molecular flexibility index (Phi) is 6.10. The highest BCUT2D eigenvalue weighted by Crippen LogP contribution is 2.33. The Labute approximate surface area is 175 Å². The van der Waals surface area contributed by atoms with E-state index in [1.165, 1.54) is 19.1 Å². The van der Waals surface area contributed by atoms with Gasteiger partial charge in [0.2, 0.25) is 0 Å². The highest BCUT2D eigenvalue weighted by Gasteiger charge is 2.42. The molecule has 0 aliphatic rings. The third-order valence-electron chi connectivity index (χ3n) is 4.19. The van der Waals surface area contributed by atoms with Crippen molar-refractivity contribution in [2.24, 2.45) is 0 Å². The summed E-state index contributed by atoms with van der Waals surface area (Å²) in [7, 11) is 0. The summed E-state index contributed by atoms with van der Waals surface area (Å²) in [4.78, 5) is 12.5. The number of carbonyl (C=O) groups excluding carboxylic acids is 1. The molecule has 1 aromatic heterocycles. The normalized spacial score (nSPS) is 13.0. The molecule has 0 saturated heterocycles. The van der Waals surface area contributed by atoms with Crippen LogP contribution in [0, 0.1) is 5.82 Å². The molecule has 0 saturated carbocycles. The molecule has 3 rings (SSSR count). The van der Waals surface area contributed by atoms with Crippen LogP contribution in [0.25, 0.3) is 5.69 Å². The number of benzene rings is 2. The smallest absolute Gasteiger partial charge is 0.406 e. The second-order valence-corrected chi connectivity index (χ2v) is 6.48. The van der Waals surface area contributed by atoms with Gasteiger partial charge in [-0.3, -0.25) is 4.79 Å². The Bertz CT molecular complexity index is 1090. The predicted octanol–water partition coefficient (Wildman–Crippen LogP) is 4.81. The SMILES string of the molecule is CC(NC(=O)c1nnn(-c2ccc(F)cc2)c1C(F)(F)F)c1ccc(OC(F)(F)F)cc1. The summed E-state index contributed by atoms with van der Waals surface area (Å²) in [6, 6.07) is 7.45. The fraction of sp³-hybridized carbons (Fsp3) is 0.211. The van der Waals surface area contributed by atoms with Crippen LogP contribution in [0.3, 0.4) is 0 Å². The van der Waals surface area contributed by atoms with Crippen molar-refractivity contribution < 1.29 is 40.3 Å². The van der Waals surface area contributed by atoms with Crippen molar-refractivity contribution >= 4 is 5.91 Å². The second kappa shape index (κ2) is 8.48. The van der Waals surface area contributed by atoms with Crippen molar-refractivity contribution in [1.82, 2.24) is 20.3 Å². The lowest BCUT2D eigenvalue weighted by Crippen LogP contribution is -2.29. The molecule has 0 spiro atoms. The molecule has 0 fully saturated rings. The third-order valence-corrected chi connectivity index (χ3v) is 4.19. The minimum absolute atomic E-state index is 0.168. The highest BCUT2D eigenvalue weighted by molar-refractivity contribution is 5.93. The van der Waals surface area contributed by atoms with Gasteiger partial charge in [-0.25, -0.2) is 9.07 Å². The fourth-order valence-corrected chi connectivity index (χ4v) is 2.76. The molecule has 0 aliphatic heterocycles. The van der Waals surface area contributed by atoms with Gasteiger partial charge in [0.15, 0.2) is 11.4 Å². The topological polar surface area (TPSA) is 69.0 Å². The van der Waals surface area contributed by atoms with Crippen molar-refractivity contribution in [3.05, 3.63) is 71.3 Å². The van der Waals surface area contributed by atoms with E-state index in [0.29, 0.717) is 10.2 Å². The summed E-state index contributed by atoms with van der Waals surface area (Å²) in [5, 5.41) is 8.98. The molecule has 3 aromatic rings. The first kappa shape index (κ1) is 23.0. The molecule has 6 nitrogen and oxygen atoms in total. The van der Waals surface area contributed by atoms with E-state index in [1.807, 2.05) is 0 Å². The van der Waals surface area contributed by atoms with Crippen LogP contribution in [0.1, 0.15) is 34.7 Å². The monoisotopic (exact) mass is 462 g/mol. The summed E-state index contributed by atoms with van der Waals surface area (Å²) in [5.41, 5.74) is -2.36. The van der Waals surface area contributed by atoms with E-state index in [4.69, 9.17) is 0 Å². The summed E-state index contributed by atoms with van der Waals surface area (Å²) in [5.74, 6) is -2.39. The quantitative estimate of drug-likeness (QED) is 0.553. The van der Waals surface area contributed by atoms with Crippen molar-refractivity contribution in [3.8, 4) is 11.4 Å². The molecule has 1 unspecified atom stereocenters. The molecule has 13 heteroatoms. The van der Waals surface area contributed by atoms with Gasteiger partial charge < -0.3 is 10.1 Å². The lowest BCUT2D eigenvalue weighted by Gasteiger charge is -2.16. The fourth-order valence-electron chi connectivity index (χ4n) is 2.76. The lowest BCUT2D eigenvalue weighted by molar-refractivity contribution is -0.274. The van der Waals surface area contributed by atoms with E-state index in [1.54, 1.807) is 0 Å². The number of amides is 1. The molecule has 1 heterocycles. The maximum atomic E-state index is 13.6. The molecule has 1 amide bonds. The van der Waals surface area contributed by atoms with Gasteiger partial charge in [0.05, 0.1) is 11.7 Å². The maximum absolute atomic E-state index is 13.6. The molecule has 0 bridgehead atoms. The Morgan fingerprint density at radius 3 is 2.12 bits per heavy atom. The minimum atomic E-state index is -5.02. The summed E-state index contributed by atoms with van der Waals surface area (Å²) in [6.45, 7) is 1.41. The summed E-state index contributed by atoms with van der Waals surface area (Å²) in [6.07, 6.45) is -9.91. The Morgan fingerprint density at radius 1 is 1.00 bits per heavy atom. The van der Waals surface area contributed by atoms with Crippen LogP contribution >= 0.6 is 0 Å². The number of rotatable bonds is 5. The van der Waals surface area contributed by atoms with Crippen LogP contribution in [-0.2, 0) is 6.18 Å². The van der Waals surface area contributed by atoms with E-state index < -0.39 is 47.4 Å². The molecule has 0 aliphatic carbocycles. The van der Waals surface area contributed by atoms with Gasteiger partial charge in [-0.1, -0.05) is 17.3 Å². The van der Waals surface area contributed by atoms with Gasteiger partial charge in [-0.15, -0.1) is 18.3 Å².